The van der Waals surface area contributed by atoms with Crippen molar-refractivity contribution in [3.8, 4) is 10.4 Å². The number of halogens is 1. The normalized spacial score (nSPS) is 11.1. The van der Waals surface area contributed by atoms with Crippen LogP contribution in [0.25, 0.3) is 10.4 Å². The van der Waals surface area contributed by atoms with Gasteiger partial charge in [-0.15, -0.1) is 11.3 Å². The fraction of sp³-hybridized carbons (Fsp3) is 0.286. The first kappa shape index (κ1) is 12.6. The minimum absolute atomic E-state index is 0.519. The molecule has 0 aliphatic rings. The first-order chi connectivity index (χ1) is 8.13. The Morgan fingerprint density at radius 1 is 1.24 bits per heavy atom. The molecule has 2 N–H and O–H groups in total. The molecular formula is C14H16ClNS. The third-order valence-electron chi connectivity index (χ3n) is 2.76. The lowest BCUT2D eigenvalue weighted by Gasteiger charge is -2.08. The molecule has 2 rings (SSSR count). The molecule has 90 valence electrons. The number of rotatable bonds is 3. The SMILES string of the molecule is CC(C)c1ccc(-c2c(Cl)cccc2CN)s1. The molecule has 0 bridgehead atoms. The van der Waals surface area contributed by atoms with Gasteiger partial charge < -0.3 is 5.73 Å². The fourth-order valence-electron chi connectivity index (χ4n) is 1.81. The van der Waals surface area contributed by atoms with Crippen LogP contribution in [0.2, 0.25) is 5.02 Å². The summed E-state index contributed by atoms with van der Waals surface area (Å²) in [4.78, 5) is 2.59. The molecule has 0 atom stereocenters. The summed E-state index contributed by atoms with van der Waals surface area (Å²) in [5, 5.41) is 0.783. The van der Waals surface area contributed by atoms with Crippen LogP contribution in [0.5, 0.6) is 0 Å². The van der Waals surface area contributed by atoms with Gasteiger partial charge in [0.2, 0.25) is 0 Å². The predicted octanol–water partition coefficient (Wildman–Crippen LogP) is 4.65. The highest BCUT2D eigenvalue weighted by atomic mass is 35.5. The van der Waals surface area contributed by atoms with Crippen LogP contribution in [0.1, 0.15) is 30.2 Å². The van der Waals surface area contributed by atoms with Crippen molar-refractivity contribution in [1.82, 2.24) is 0 Å². The number of hydrogen-bond donors (Lipinski definition) is 1. The van der Waals surface area contributed by atoms with Crippen molar-refractivity contribution < 1.29 is 0 Å². The topological polar surface area (TPSA) is 26.0 Å². The smallest absolute Gasteiger partial charge is 0.0495 e. The molecule has 0 saturated carbocycles. The molecule has 0 unspecified atom stereocenters. The number of hydrogen-bond acceptors (Lipinski definition) is 2. The van der Waals surface area contributed by atoms with Crippen LogP contribution in [0.4, 0.5) is 0 Å². The summed E-state index contributed by atoms with van der Waals surface area (Å²) >= 11 is 8.08. The Bertz CT molecular complexity index is 517. The Hall–Kier alpha value is -0.830. The van der Waals surface area contributed by atoms with Gasteiger partial charge in [-0.1, -0.05) is 37.6 Å². The molecule has 0 saturated heterocycles. The van der Waals surface area contributed by atoms with Crippen molar-refractivity contribution >= 4 is 22.9 Å². The summed E-state index contributed by atoms with van der Waals surface area (Å²) < 4.78 is 0. The maximum atomic E-state index is 6.28. The van der Waals surface area contributed by atoms with E-state index in [4.69, 9.17) is 17.3 Å². The Morgan fingerprint density at radius 3 is 2.59 bits per heavy atom. The van der Waals surface area contributed by atoms with Crippen LogP contribution >= 0.6 is 22.9 Å². The van der Waals surface area contributed by atoms with E-state index in [9.17, 15) is 0 Å². The molecule has 1 aromatic heterocycles. The third kappa shape index (κ3) is 2.54. The van der Waals surface area contributed by atoms with Gasteiger partial charge in [-0.25, -0.2) is 0 Å². The molecule has 1 nitrogen and oxygen atoms in total. The second-order valence-corrected chi connectivity index (χ2v) is 5.86. The van der Waals surface area contributed by atoms with E-state index in [1.54, 1.807) is 11.3 Å². The molecule has 0 radical (unpaired) electrons. The van der Waals surface area contributed by atoms with Crippen molar-refractivity contribution in [2.45, 2.75) is 26.3 Å². The van der Waals surface area contributed by atoms with E-state index >= 15 is 0 Å². The lowest BCUT2D eigenvalue weighted by atomic mass is 10.1. The van der Waals surface area contributed by atoms with Crippen LogP contribution in [-0.4, -0.2) is 0 Å². The standard InChI is InChI=1S/C14H16ClNS/c1-9(2)12-6-7-13(17-12)14-10(8-16)4-3-5-11(14)15/h3-7,9H,8,16H2,1-2H3. The van der Waals surface area contributed by atoms with E-state index in [0.717, 1.165) is 16.1 Å². The largest absolute Gasteiger partial charge is 0.326 e. The second-order valence-electron chi connectivity index (χ2n) is 4.33. The zero-order valence-electron chi connectivity index (χ0n) is 10.0. The highest BCUT2D eigenvalue weighted by Crippen LogP contribution is 2.37. The van der Waals surface area contributed by atoms with Crippen LogP contribution in [-0.2, 0) is 6.54 Å². The van der Waals surface area contributed by atoms with Crippen molar-refractivity contribution in [1.29, 1.82) is 0 Å². The number of nitrogens with two attached hydrogens (primary N) is 1. The van der Waals surface area contributed by atoms with E-state index in [0.29, 0.717) is 12.5 Å². The molecule has 3 heteroatoms. The molecule has 0 fully saturated rings. The number of thiophene rings is 1. The zero-order valence-corrected chi connectivity index (χ0v) is 11.6. The van der Waals surface area contributed by atoms with E-state index in [1.807, 2.05) is 18.2 Å². The molecule has 2 aromatic rings. The van der Waals surface area contributed by atoms with E-state index < -0.39 is 0 Å². The Morgan fingerprint density at radius 2 is 2.00 bits per heavy atom. The van der Waals surface area contributed by atoms with Crippen LogP contribution in [0, 0.1) is 0 Å². The van der Waals surface area contributed by atoms with E-state index in [1.165, 1.54) is 9.75 Å². The van der Waals surface area contributed by atoms with Crippen LogP contribution in [0.3, 0.4) is 0 Å². The average molecular weight is 266 g/mol. The molecule has 0 amide bonds. The zero-order chi connectivity index (χ0) is 12.4. The van der Waals surface area contributed by atoms with E-state index in [-0.39, 0.29) is 0 Å². The lowest BCUT2D eigenvalue weighted by molar-refractivity contribution is 0.890. The Balaban J connectivity index is 2.51. The summed E-state index contributed by atoms with van der Waals surface area (Å²) in [6.45, 7) is 4.92. The van der Waals surface area contributed by atoms with Crippen LogP contribution in [0.15, 0.2) is 30.3 Å². The second kappa shape index (κ2) is 5.21. The predicted molar refractivity (Wildman–Crippen MR) is 76.7 cm³/mol. The molecule has 0 aliphatic heterocycles. The summed E-state index contributed by atoms with van der Waals surface area (Å²) in [7, 11) is 0. The summed E-state index contributed by atoms with van der Waals surface area (Å²) in [6, 6.07) is 10.2. The first-order valence-corrected chi connectivity index (χ1v) is 6.90. The Labute approximate surface area is 111 Å². The monoisotopic (exact) mass is 265 g/mol. The lowest BCUT2D eigenvalue weighted by Crippen LogP contribution is -1.98. The number of benzene rings is 1. The molecule has 0 aliphatic carbocycles. The molecule has 17 heavy (non-hydrogen) atoms. The van der Waals surface area contributed by atoms with Crippen molar-refractivity contribution in [3.05, 3.63) is 45.8 Å². The first-order valence-electron chi connectivity index (χ1n) is 5.71. The molecule has 0 spiro atoms. The Kier molecular flexibility index (Phi) is 3.87. The van der Waals surface area contributed by atoms with Crippen LogP contribution < -0.4 is 5.73 Å². The molecule has 1 aromatic carbocycles. The van der Waals surface area contributed by atoms with Gasteiger partial charge in [0.25, 0.3) is 0 Å². The van der Waals surface area contributed by atoms with Crippen molar-refractivity contribution in [3.63, 3.8) is 0 Å². The van der Waals surface area contributed by atoms with Gasteiger partial charge >= 0.3 is 0 Å². The van der Waals surface area contributed by atoms with Crippen molar-refractivity contribution in [2.75, 3.05) is 0 Å². The average Bonchev–Trinajstić information content (AvgIpc) is 2.77. The minimum atomic E-state index is 0.519. The molecular weight excluding hydrogens is 250 g/mol. The van der Waals surface area contributed by atoms with Gasteiger partial charge in [0.05, 0.1) is 0 Å². The summed E-state index contributed by atoms with van der Waals surface area (Å²) in [5.41, 5.74) is 7.97. The minimum Gasteiger partial charge on any atom is -0.326 e. The van der Waals surface area contributed by atoms with Gasteiger partial charge in [0.1, 0.15) is 0 Å². The molecule has 1 heterocycles. The van der Waals surface area contributed by atoms with Crippen molar-refractivity contribution in [2.24, 2.45) is 5.73 Å². The quantitative estimate of drug-likeness (QED) is 0.859. The van der Waals surface area contributed by atoms with Gasteiger partial charge in [0, 0.05) is 26.9 Å². The fourth-order valence-corrected chi connectivity index (χ4v) is 3.27. The van der Waals surface area contributed by atoms with Gasteiger partial charge in [-0.3, -0.25) is 0 Å². The highest BCUT2D eigenvalue weighted by Gasteiger charge is 2.12. The summed E-state index contributed by atoms with van der Waals surface area (Å²) in [5.74, 6) is 0.553. The summed E-state index contributed by atoms with van der Waals surface area (Å²) in [6.07, 6.45) is 0. The van der Waals surface area contributed by atoms with Gasteiger partial charge in [0.15, 0.2) is 0 Å². The van der Waals surface area contributed by atoms with E-state index in [2.05, 4.69) is 26.0 Å². The maximum Gasteiger partial charge on any atom is 0.0495 e. The van der Waals surface area contributed by atoms with Gasteiger partial charge in [-0.05, 0) is 29.7 Å². The maximum absolute atomic E-state index is 6.28. The highest BCUT2D eigenvalue weighted by molar-refractivity contribution is 7.15. The van der Waals surface area contributed by atoms with Gasteiger partial charge in [-0.2, -0.15) is 0 Å². The third-order valence-corrected chi connectivity index (χ3v) is 4.48.